The molecule has 7 nitrogen and oxygen atoms in total. The highest BCUT2D eigenvalue weighted by Gasteiger charge is 2.27. The van der Waals surface area contributed by atoms with Gasteiger partial charge in [-0.2, -0.15) is 4.98 Å². The summed E-state index contributed by atoms with van der Waals surface area (Å²) in [5.74, 6) is 2.24. The van der Waals surface area contributed by atoms with E-state index in [1.54, 1.807) is 11.8 Å². The quantitative estimate of drug-likeness (QED) is 0.562. The molecule has 0 aliphatic carbocycles. The standard InChI is InChI=1S/C21H28N6OS/c1-14-8-10-16(11-9-14)27-19(26-12-6-7-13-26)23-24-20(27)29-15(2)17-22-18(25-28-17)21(3,4)5/h8-11,15H,6-7,12-13H2,1-5H3/t15-/m0/s1. The van der Waals surface area contributed by atoms with Crippen LogP contribution in [0.5, 0.6) is 0 Å². The van der Waals surface area contributed by atoms with E-state index in [-0.39, 0.29) is 10.7 Å². The lowest BCUT2D eigenvalue weighted by molar-refractivity contribution is 0.364. The maximum atomic E-state index is 5.54. The molecule has 0 radical (unpaired) electrons. The number of aromatic nitrogens is 5. The van der Waals surface area contributed by atoms with Gasteiger partial charge in [-0.3, -0.25) is 4.57 Å². The first-order chi connectivity index (χ1) is 13.8. The third-order valence-electron chi connectivity index (χ3n) is 5.04. The van der Waals surface area contributed by atoms with Crippen molar-refractivity contribution >= 4 is 17.7 Å². The van der Waals surface area contributed by atoms with E-state index < -0.39 is 0 Å². The average Bonchev–Trinajstić information content (AvgIpc) is 3.42. The molecular weight excluding hydrogens is 384 g/mol. The first kappa shape index (κ1) is 19.9. The Morgan fingerprint density at radius 3 is 2.38 bits per heavy atom. The minimum Gasteiger partial charge on any atom is -0.341 e. The molecule has 1 aromatic carbocycles. The van der Waals surface area contributed by atoms with Gasteiger partial charge in [0.25, 0.3) is 0 Å². The van der Waals surface area contributed by atoms with Crippen molar-refractivity contribution in [1.82, 2.24) is 24.9 Å². The van der Waals surface area contributed by atoms with Crippen molar-refractivity contribution in [3.05, 3.63) is 41.5 Å². The molecule has 154 valence electrons. The predicted molar refractivity (Wildman–Crippen MR) is 115 cm³/mol. The highest BCUT2D eigenvalue weighted by molar-refractivity contribution is 7.99. The first-order valence-corrected chi connectivity index (χ1v) is 11.0. The van der Waals surface area contributed by atoms with E-state index in [1.165, 1.54) is 18.4 Å². The van der Waals surface area contributed by atoms with Gasteiger partial charge in [0.05, 0.1) is 10.9 Å². The van der Waals surface area contributed by atoms with Crippen LogP contribution in [0.15, 0.2) is 33.9 Å². The first-order valence-electron chi connectivity index (χ1n) is 10.1. The number of anilines is 1. The van der Waals surface area contributed by atoms with Gasteiger partial charge in [-0.1, -0.05) is 55.4 Å². The van der Waals surface area contributed by atoms with Gasteiger partial charge >= 0.3 is 0 Å². The Kier molecular flexibility index (Phi) is 5.38. The smallest absolute Gasteiger partial charge is 0.239 e. The third kappa shape index (κ3) is 4.17. The molecule has 29 heavy (non-hydrogen) atoms. The van der Waals surface area contributed by atoms with Crippen LogP contribution in [0.2, 0.25) is 0 Å². The van der Waals surface area contributed by atoms with Crippen LogP contribution in [0, 0.1) is 6.92 Å². The monoisotopic (exact) mass is 412 g/mol. The molecule has 0 spiro atoms. The summed E-state index contributed by atoms with van der Waals surface area (Å²) >= 11 is 1.59. The molecule has 0 bridgehead atoms. The van der Waals surface area contributed by atoms with E-state index in [1.807, 2.05) is 0 Å². The van der Waals surface area contributed by atoms with Crippen molar-refractivity contribution in [1.29, 1.82) is 0 Å². The minimum atomic E-state index is -0.142. The van der Waals surface area contributed by atoms with Crippen molar-refractivity contribution in [3.63, 3.8) is 0 Å². The van der Waals surface area contributed by atoms with E-state index in [9.17, 15) is 0 Å². The molecule has 2 aromatic heterocycles. The van der Waals surface area contributed by atoms with Crippen molar-refractivity contribution in [2.24, 2.45) is 0 Å². The van der Waals surface area contributed by atoms with Gasteiger partial charge in [-0.05, 0) is 38.8 Å². The zero-order valence-corrected chi connectivity index (χ0v) is 18.5. The molecular formula is C21H28N6OS. The van der Waals surface area contributed by atoms with E-state index in [0.717, 1.165) is 35.7 Å². The molecule has 0 N–H and O–H groups in total. The van der Waals surface area contributed by atoms with Crippen molar-refractivity contribution in [3.8, 4) is 5.69 Å². The van der Waals surface area contributed by atoms with Crippen molar-refractivity contribution in [2.45, 2.75) is 63.3 Å². The molecule has 0 unspecified atom stereocenters. The summed E-state index contributed by atoms with van der Waals surface area (Å²) in [5.41, 5.74) is 2.16. The van der Waals surface area contributed by atoms with Crippen LogP contribution < -0.4 is 4.90 Å². The topological polar surface area (TPSA) is 72.9 Å². The molecule has 0 amide bonds. The predicted octanol–water partition coefficient (Wildman–Crippen LogP) is 4.71. The lowest BCUT2D eigenvalue weighted by Crippen LogP contribution is -2.22. The largest absolute Gasteiger partial charge is 0.341 e. The number of rotatable bonds is 5. The van der Waals surface area contributed by atoms with Gasteiger partial charge in [-0.25, -0.2) is 0 Å². The number of aryl methyl sites for hydroxylation is 1. The molecule has 3 aromatic rings. The second-order valence-electron chi connectivity index (χ2n) is 8.61. The molecule has 1 aliphatic heterocycles. The fraction of sp³-hybridized carbons (Fsp3) is 0.524. The highest BCUT2D eigenvalue weighted by atomic mass is 32.2. The van der Waals surface area contributed by atoms with Gasteiger partial charge in [0.1, 0.15) is 0 Å². The summed E-state index contributed by atoms with van der Waals surface area (Å²) in [7, 11) is 0. The Labute approximate surface area is 175 Å². The number of hydrogen-bond acceptors (Lipinski definition) is 7. The van der Waals surface area contributed by atoms with Gasteiger partial charge in [0.15, 0.2) is 11.0 Å². The second-order valence-corrected chi connectivity index (χ2v) is 9.92. The number of nitrogens with zero attached hydrogens (tertiary/aromatic N) is 6. The van der Waals surface area contributed by atoms with E-state index in [2.05, 4.69) is 88.7 Å². The fourth-order valence-electron chi connectivity index (χ4n) is 3.29. The van der Waals surface area contributed by atoms with Gasteiger partial charge in [0, 0.05) is 18.5 Å². The Bertz CT molecular complexity index is 966. The van der Waals surface area contributed by atoms with Crippen molar-refractivity contribution < 1.29 is 4.52 Å². The summed E-state index contributed by atoms with van der Waals surface area (Å²) in [6.07, 6.45) is 2.38. The zero-order valence-electron chi connectivity index (χ0n) is 17.7. The zero-order chi connectivity index (χ0) is 20.6. The molecule has 1 saturated heterocycles. The Hall–Kier alpha value is -2.35. The Morgan fingerprint density at radius 1 is 1.07 bits per heavy atom. The Morgan fingerprint density at radius 2 is 1.76 bits per heavy atom. The lowest BCUT2D eigenvalue weighted by atomic mass is 9.96. The van der Waals surface area contributed by atoms with Crippen LogP contribution in [0.3, 0.4) is 0 Å². The van der Waals surface area contributed by atoms with E-state index >= 15 is 0 Å². The van der Waals surface area contributed by atoms with Crippen LogP contribution in [-0.4, -0.2) is 38.0 Å². The molecule has 1 aliphatic rings. The maximum absolute atomic E-state index is 5.54. The number of hydrogen-bond donors (Lipinski definition) is 0. The van der Waals surface area contributed by atoms with Crippen LogP contribution in [0.25, 0.3) is 5.69 Å². The van der Waals surface area contributed by atoms with Gasteiger partial charge in [0.2, 0.25) is 11.8 Å². The summed E-state index contributed by atoms with van der Waals surface area (Å²) in [6.45, 7) is 12.4. The van der Waals surface area contributed by atoms with E-state index in [4.69, 9.17) is 4.52 Å². The third-order valence-corrected chi connectivity index (χ3v) is 6.07. The normalized spacial score (nSPS) is 15.8. The average molecular weight is 413 g/mol. The summed E-state index contributed by atoms with van der Waals surface area (Å²) < 4.78 is 7.69. The Balaban J connectivity index is 1.66. The second kappa shape index (κ2) is 7.82. The number of thioether (sulfide) groups is 1. The highest BCUT2D eigenvalue weighted by Crippen LogP contribution is 2.37. The number of benzene rings is 1. The lowest BCUT2D eigenvalue weighted by Gasteiger charge is -2.19. The maximum Gasteiger partial charge on any atom is 0.239 e. The van der Waals surface area contributed by atoms with Crippen LogP contribution in [0.4, 0.5) is 5.95 Å². The SMILES string of the molecule is Cc1ccc(-n2c(S[C@@H](C)c3nc(C(C)(C)C)no3)nnc2N2CCCC2)cc1. The van der Waals surface area contributed by atoms with Crippen LogP contribution in [0.1, 0.15) is 63.1 Å². The van der Waals surface area contributed by atoms with E-state index in [0.29, 0.717) is 5.89 Å². The summed E-state index contributed by atoms with van der Waals surface area (Å²) in [6, 6.07) is 8.48. The molecule has 3 heterocycles. The molecule has 0 saturated carbocycles. The van der Waals surface area contributed by atoms with Crippen LogP contribution >= 0.6 is 11.8 Å². The molecule has 4 rings (SSSR count). The van der Waals surface area contributed by atoms with Crippen molar-refractivity contribution in [2.75, 3.05) is 18.0 Å². The molecule has 1 atom stereocenters. The van der Waals surface area contributed by atoms with Gasteiger partial charge < -0.3 is 9.42 Å². The van der Waals surface area contributed by atoms with Gasteiger partial charge in [-0.15, -0.1) is 10.2 Å². The molecule has 8 heteroatoms. The van der Waals surface area contributed by atoms with Crippen LogP contribution in [-0.2, 0) is 5.41 Å². The summed E-state index contributed by atoms with van der Waals surface area (Å²) in [4.78, 5) is 6.92. The minimum absolute atomic E-state index is 0.0292. The fourth-order valence-corrected chi connectivity index (χ4v) is 4.19. The molecule has 1 fully saturated rings. The summed E-state index contributed by atoms with van der Waals surface area (Å²) in [5, 5.41) is 14.0.